The zero-order chi connectivity index (χ0) is 47.2. The SMILES string of the molecule is COc1c(O)c(C)c(C/C=C(\C)CC/C=C(/C)CC/C=C(\C)CC/C=C(/C)CC/C=C(\C)CC/C=C(\C)CC/C=C(/C)CC/C=C(/C)CC/C=C(\C)CCC=C(C)C)c(O)c1OC. The molecule has 0 aromatic heterocycles. The molecule has 352 valence electrons. The minimum absolute atomic E-state index is 0.00634. The summed E-state index contributed by atoms with van der Waals surface area (Å²) in [6, 6.07) is 0. The summed E-state index contributed by atoms with van der Waals surface area (Å²) in [5.74, 6) is 0.356. The van der Waals surface area contributed by atoms with Crippen LogP contribution in [0, 0.1) is 6.92 Å². The number of phenolic OH excluding ortho intramolecular Hbond substituents is 2. The van der Waals surface area contributed by atoms with Gasteiger partial charge in [-0.25, -0.2) is 0 Å². The molecule has 0 radical (unpaired) electrons. The number of phenols is 2. The van der Waals surface area contributed by atoms with Crippen LogP contribution in [0.2, 0.25) is 0 Å². The quantitative estimate of drug-likeness (QED) is 0.0577. The highest BCUT2D eigenvalue weighted by Crippen LogP contribution is 2.48. The maximum absolute atomic E-state index is 10.7. The van der Waals surface area contributed by atoms with E-state index >= 15 is 0 Å². The molecule has 0 aliphatic heterocycles. The molecule has 63 heavy (non-hydrogen) atoms. The smallest absolute Gasteiger partial charge is 0.207 e. The van der Waals surface area contributed by atoms with E-state index in [4.69, 9.17) is 9.47 Å². The Morgan fingerprint density at radius 1 is 0.349 bits per heavy atom. The number of aromatic hydroxyl groups is 2. The standard InChI is InChI=1S/C59H92O4/c1-44(2)24-15-25-45(3)26-16-27-46(4)28-17-29-47(5)30-18-31-48(6)32-19-33-49(7)34-20-35-50(8)36-21-37-51(9)38-22-39-52(10)40-23-41-53(11)42-43-55-54(12)56(60)58(62-13)59(63-14)57(55)61/h24,26,28,30,32,34,36,38,40,42,60-61H,15-23,25,27,29,31,33,35,37,39,41,43H2,1-14H3/b45-26+,46-28-,47-30-,48-32+,49-34+,50-36-,51-38+,52-40-,53-42+. The Hall–Kier alpha value is -4.18. The topological polar surface area (TPSA) is 58.9 Å². The summed E-state index contributed by atoms with van der Waals surface area (Å²) in [4.78, 5) is 0. The Morgan fingerprint density at radius 3 is 0.810 bits per heavy atom. The molecule has 1 aromatic carbocycles. The van der Waals surface area contributed by atoms with Crippen LogP contribution in [0.3, 0.4) is 0 Å². The van der Waals surface area contributed by atoms with Gasteiger partial charge >= 0.3 is 0 Å². The van der Waals surface area contributed by atoms with E-state index in [0.29, 0.717) is 17.5 Å². The molecule has 0 unspecified atom stereocenters. The summed E-state index contributed by atoms with van der Waals surface area (Å²) in [7, 11) is 2.91. The average molecular weight is 865 g/mol. The van der Waals surface area contributed by atoms with Crippen molar-refractivity contribution in [1.29, 1.82) is 0 Å². The van der Waals surface area contributed by atoms with Crippen LogP contribution in [0.5, 0.6) is 23.0 Å². The third-order valence-electron chi connectivity index (χ3n) is 12.1. The molecule has 1 rings (SSSR count). The van der Waals surface area contributed by atoms with Crippen LogP contribution in [-0.2, 0) is 6.42 Å². The van der Waals surface area contributed by atoms with Gasteiger partial charge in [0.15, 0.2) is 11.5 Å². The molecule has 0 spiro atoms. The summed E-state index contributed by atoms with van der Waals surface area (Å²) in [6.45, 7) is 26.5. The number of hydrogen-bond donors (Lipinski definition) is 2. The molecule has 0 saturated heterocycles. The molecule has 1 aromatic rings. The lowest BCUT2D eigenvalue weighted by atomic mass is 9.99. The van der Waals surface area contributed by atoms with Crippen molar-refractivity contribution < 1.29 is 19.7 Å². The lowest BCUT2D eigenvalue weighted by Crippen LogP contribution is -1.98. The molecule has 0 amide bonds. The second-order valence-corrected chi connectivity index (χ2v) is 18.7. The van der Waals surface area contributed by atoms with Crippen LogP contribution >= 0.6 is 0 Å². The van der Waals surface area contributed by atoms with Gasteiger partial charge in [-0.2, -0.15) is 0 Å². The molecule has 4 nitrogen and oxygen atoms in total. The van der Waals surface area contributed by atoms with Crippen LogP contribution < -0.4 is 9.47 Å². The highest BCUT2D eigenvalue weighted by atomic mass is 16.5. The highest BCUT2D eigenvalue weighted by Gasteiger charge is 2.22. The number of ether oxygens (including phenoxy) is 2. The first-order valence-corrected chi connectivity index (χ1v) is 24.2. The predicted molar refractivity (Wildman–Crippen MR) is 278 cm³/mol. The first-order chi connectivity index (χ1) is 30.0. The Bertz CT molecular complexity index is 1840. The van der Waals surface area contributed by atoms with E-state index in [1.165, 1.54) is 89.2 Å². The minimum Gasteiger partial charge on any atom is -0.504 e. The van der Waals surface area contributed by atoms with Gasteiger partial charge in [-0.05, 0) is 205 Å². The summed E-state index contributed by atoms with van der Waals surface area (Å²) in [6.07, 6.45) is 44.6. The lowest BCUT2D eigenvalue weighted by Gasteiger charge is -2.17. The van der Waals surface area contributed by atoms with Crippen LogP contribution in [0.15, 0.2) is 116 Å². The van der Waals surface area contributed by atoms with E-state index in [0.717, 1.165) is 96.3 Å². The van der Waals surface area contributed by atoms with Gasteiger partial charge in [0.25, 0.3) is 0 Å². The fraction of sp³-hybridized carbons (Fsp3) is 0.559. The highest BCUT2D eigenvalue weighted by molar-refractivity contribution is 5.66. The lowest BCUT2D eigenvalue weighted by molar-refractivity contribution is 0.314. The van der Waals surface area contributed by atoms with Gasteiger partial charge < -0.3 is 19.7 Å². The summed E-state index contributed by atoms with van der Waals surface area (Å²) < 4.78 is 10.5. The van der Waals surface area contributed by atoms with E-state index in [-0.39, 0.29) is 23.0 Å². The number of rotatable bonds is 31. The molecule has 0 heterocycles. The molecule has 0 aliphatic rings. The normalized spacial score (nSPS) is 14.2. The predicted octanol–water partition coefficient (Wildman–Crippen LogP) is 18.5. The summed E-state index contributed by atoms with van der Waals surface area (Å²) in [5.41, 5.74) is 15.9. The second-order valence-electron chi connectivity index (χ2n) is 18.7. The third kappa shape index (κ3) is 26.3. The van der Waals surface area contributed by atoms with Crippen LogP contribution in [-0.4, -0.2) is 24.4 Å². The Balaban J connectivity index is 2.32. The van der Waals surface area contributed by atoms with E-state index in [1.807, 2.05) is 0 Å². The molecule has 0 bridgehead atoms. The summed E-state index contributed by atoms with van der Waals surface area (Å²) in [5, 5.41) is 21.3. The number of hydrogen-bond acceptors (Lipinski definition) is 4. The molecule has 0 atom stereocenters. The van der Waals surface area contributed by atoms with Gasteiger partial charge in [0, 0.05) is 11.1 Å². The maximum atomic E-state index is 10.7. The average Bonchev–Trinajstić information content (AvgIpc) is 3.21. The Labute approximate surface area is 388 Å². The monoisotopic (exact) mass is 865 g/mol. The molecular weight excluding hydrogens is 773 g/mol. The zero-order valence-electron chi connectivity index (χ0n) is 42.9. The molecular formula is C59H92O4. The number of benzene rings is 1. The van der Waals surface area contributed by atoms with Gasteiger partial charge in [0.2, 0.25) is 11.5 Å². The van der Waals surface area contributed by atoms with Crippen molar-refractivity contribution in [2.45, 2.75) is 205 Å². The van der Waals surface area contributed by atoms with Crippen LogP contribution in [0.4, 0.5) is 0 Å². The van der Waals surface area contributed by atoms with Crippen molar-refractivity contribution in [1.82, 2.24) is 0 Å². The van der Waals surface area contributed by atoms with Gasteiger partial charge in [0.05, 0.1) is 14.2 Å². The number of allylic oxidation sites excluding steroid dienone is 20. The second kappa shape index (κ2) is 33.3. The number of methoxy groups -OCH3 is 2. The van der Waals surface area contributed by atoms with E-state index in [1.54, 1.807) is 6.92 Å². The zero-order valence-corrected chi connectivity index (χ0v) is 42.9. The van der Waals surface area contributed by atoms with Crippen molar-refractivity contribution >= 4 is 0 Å². The molecule has 0 fully saturated rings. The van der Waals surface area contributed by atoms with Gasteiger partial charge in [-0.3, -0.25) is 0 Å². The Kier molecular flexibility index (Phi) is 30.1. The van der Waals surface area contributed by atoms with Crippen molar-refractivity contribution in [2.75, 3.05) is 14.2 Å². The van der Waals surface area contributed by atoms with Gasteiger partial charge in [-0.1, -0.05) is 116 Å². The van der Waals surface area contributed by atoms with Crippen molar-refractivity contribution in [3.8, 4) is 23.0 Å². The van der Waals surface area contributed by atoms with Crippen molar-refractivity contribution in [3.05, 3.63) is 128 Å². The van der Waals surface area contributed by atoms with Crippen LogP contribution in [0.25, 0.3) is 0 Å². The minimum atomic E-state index is 0.00634. The molecule has 0 aliphatic carbocycles. The molecule has 2 N–H and O–H groups in total. The molecule has 0 saturated carbocycles. The van der Waals surface area contributed by atoms with Crippen molar-refractivity contribution in [3.63, 3.8) is 0 Å². The van der Waals surface area contributed by atoms with Crippen molar-refractivity contribution in [2.24, 2.45) is 0 Å². The van der Waals surface area contributed by atoms with Crippen LogP contribution in [0.1, 0.15) is 203 Å². The maximum Gasteiger partial charge on any atom is 0.207 e. The third-order valence-corrected chi connectivity index (χ3v) is 12.1. The Morgan fingerprint density at radius 2 is 0.571 bits per heavy atom. The van der Waals surface area contributed by atoms with E-state index in [2.05, 4.69) is 137 Å². The fourth-order valence-electron chi connectivity index (χ4n) is 7.62. The largest absolute Gasteiger partial charge is 0.504 e. The summed E-state index contributed by atoms with van der Waals surface area (Å²) >= 11 is 0. The van der Waals surface area contributed by atoms with Gasteiger partial charge in [0.1, 0.15) is 0 Å². The fourth-order valence-corrected chi connectivity index (χ4v) is 7.62. The van der Waals surface area contributed by atoms with Gasteiger partial charge in [-0.15, -0.1) is 0 Å². The molecule has 4 heteroatoms. The van der Waals surface area contributed by atoms with E-state index < -0.39 is 0 Å². The van der Waals surface area contributed by atoms with E-state index in [9.17, 15) is 10.2 Å². The first kappa shape index (κ1) is 56.8. The first-order valence-electron chi connectivity index (χ1n) is 24.2.